The predicted octanol–water partition coefficient (Wildman–Crippen LogP) is 2.20. The molecule has 2 atom stereocenters. The fourth-order valence-electron chi connectivity index (χ4n) is 3.46. The number of amides is 3. The Labute approximate surface area is 230 Å². The average molecular weight is 701 g/mol. The van der Waals surface area contributed by atoms with Crippen LogP contribution in [0.15, 0.2) is 55.0 Å². The number of hydrogen-bond donors (Lipinski definition) is 5. The van der Waals surface area contributed by atoms with Gasteiger partial charge in [-0.1, -0.05) is 30.3 Å². The minimum Gasteiger partial charge on any atom is -0.506 e. The van der Waals surface area contributed by atoms with E-state index in [1.807, 2.05) is 75.5 Å². The lowest BCUT2D eigenvalue weighted by atomic mass is 10.0. The van der Waals surface area contributed by atoms with Crippen LogP contribution in [0.5, 0.6) is 5.75 Å². The molecular weight excluding hydrogens is 676 g/mol. The van der Waals surface area contributed by atoms with Gasteiger partial charge in [0.25, 0.3) is 0 Å². The van der Waals surface area contributed by atoms with Gasteiger partial charge in [0.15, 0.2) is 0 Å². The molecule has 9 nitrogen and oxygen atoms in total. The normalized spacial score (nSPS) is 12.5. The van der Waals surface area contributed by atoms with E-state index < -0.39 is 23.9 Å². The first kappa shape index (κ1) is 26.9. The van der Waals surface area contributed by atoms with Gasteiger partial charge in [-0.15, -0.1) is 0 Å². The van der Waals surface area contributed by atoms with Gasteiger partial charge >= 0.3 is 0 Å². The van der Waals surface area contributed by atoms with E-state index in [1.54, 1.807) is 18.3 Å². The van der Waals surface area contributed by atoms with Crippen molar-refractivity contribution in [3.8, 4) is 5.75 Å². The molecule has 0 saturated heterocycles. The number of imidazole rings is 1. The third kappa shape index (κ3) is 8.19. The molecule has 3 aromatic rings. The van der Waals surface area contributed by atoms with E-state index >= 15 is 0 Å². The number of phenols is 1. The maximum Gasteiger partial charge on any atom is 0.243 e. The van der Waals surface area contributed by atoms with E-state index in [4.69, 9.17) is 5.73 Å². The number of aromatic amines is 1. The summed E-state index contributed by atoms with van der Waals surface area (Å²) >= 11 is 3.99. The van der Waals surface area contributed by atoms with Crippen LogP contribution in [0, 0.1) is 7.14 Å². The molecule has 1 aromatic heterocycles. The zero-order chi connectivity index (χ0) is 25.4. The monoisotopic (exact) mass is 701 g/mol. The van der Waals surface area contributed by atoms with Crippen molar-refractivity contribution >= 4 is 62.9 Å². The molecule has 35 heavy (non-hydrogen) atoms. The number of nitrogens with two attached hydrogens (primary N) is 1. The highest BCUT2D eigenvalue weighted by Gasteiger charge is 2.27. The van der Waals surface area contributed by atoms with Crippen molar-refractivity contribution in [1.29, 1.82) is 0 Å². The second-order valence-corrected chi connectivity index (χ2v) is 10.3. The molecular formula is C24H25I2N5O4. The highest BCUT2D eigenvalue weighted by atomic mass is 127. The molecule has 0 aliphatic carbocycles. The van der Waals surface area contributed by atoms with Gasteiger partial charge in [-0.05, 0) is 74.9 Å². The third-order valence-corrected chi connectivity index (χ3v) is 6.94. The van der Waals surface area contributed by atoms with Crippen LogP contribution >= 0.6 is 45.2 Å². The van der Waals surface area contributed by atoms with E-state index in [0.29, 0.717) is 19.3 Å². The van der Waals surface area contributed by atoms with Crippen LogP contribution in [-0.4, -0.2) is 44.9 Å². The van der Waals surface area contributed by atoms with Crippen molar-refractivity contribution in [2.75, 3.05) is 0 Å². The van der Waals surface area contributed by atoms with Crippen molar-refractivity contribution in [2.45, 2.75) is 37.8 Å². The van der Waals surface area contributed by atoms with Crippen molar-refractivity contribution < 1.29 is 19.5 Å². The smallest absolute Gasteiger partial charge is 0.243 e. The standard InChI is InChI=1S/C24H25I2N5O4/c25-17-8-15(9-18(26)22(17)33)10-19(23(27)34)31-24(35)20(11-16-12-28-13-29-16)30-21(32)7-6-14-4-2-1-3-5-14/h1-5,8-9,12-13,19-20,33H,6-7,10-11H2,(H2,27,34)(H,28,29)(H,30,32)(H,31,35)/t19-,20-/m0/s1. The average Bonchev–Trinajstić information content (AvgIpc) is 3.34. The molecule has 2 aromatic carbocycles. The summed E-state index contributed by atoms with van der Waals surface area (Å²) in [4.78, 5) is 44.8. The number of primary amides is 1. The second-order valence-electron chi connectivity index (χ2n) is 7.96. The van der Waals surface area contributed by atoms with Crippen LogP contribution in [0.1, 0.15) is 23.2 Å². The molecule has 0 spiro atoms. The van der Waals surface area contributed by atoms with Gasteiger partial charge in [0, 0.05) is 31.2 Å². The van der Waals surface area contributed by atoms with Gasteiger partial charge < -0.3 is 26.5 Å². The lowest BCUT2D eigenvalue weighted by molar-refractivity contribution is -0.131. The molecule has 0 aliphatic rings. The third-order valence-electron chi connectivity index (χ3n) is 5.29. The second kappa shape index (κ2) is 12.9. The van der Waals surface area contributed by atoms with E-state index in [0.717, 1.165) is 11.1 Å². The maximum atomic E-state index is 13.2. The number of aryl methyl sites for hydroxylation is 1. The minimum atomic E-state index is -0.996. The summed E-state index contributed by atoms with van der Waals surface area (Å²) in [7, 11) is 0. The summed E-state index contributed by atoms with van der Waals surface area (Å²) in [6.07, 6.45) is 4.12. The van der Waals surface area contributed by atoms with Crippen molar-refractivity contribution in [1.82, 2.24) is 20.6 Å². The first-order valence-corrected chi connectivity index (χ1v) is 13.0. The van der Waals surface area contributed by atoms with Gasteiger partial charge in [0.1, 0.15) is 17.8 Å². The fourth-order valence-corrected chi connectivity index (χ4v) is 5.36. The Bertz CT molecular complexity index is 1150. The number of rotatable bonds is 11. The Morgan fingerprint density at radius 3 is 2.29 bits per heavy atom. The van der Waals surface area contributed by atoms with Crippen molar-refractivity contribution in [3.05, 3.63) is 78.9 Å². The zero-order valence-electron chi connectivity index (χ0n) is 18.6. The van der Waals surface area contributed by atoms with Crippen LogP contribution in [0.4, 0.5) is 0 Å². The number of benzene rings is 2. The topological polar surface area (TPSA) is 150 Å². The number of carbonyl (C=O) groups excluding carboxylic acids is 3. The summed E-state index contributed by atoms with van der Waals surface area (Å²) < 4.78 is 1.25. The Morgan fingerprint density at radius 1 is 1.00 bits per heavy atom. The van der Waals surface area contributed by atoms with Gasteiger partial charge in [-0.3, -0.25) is 14.4 Å². The number of nitrogens with one attached hydrogen (secondary N) is 3. The molecule has 0 saturated carbocycles. The predicted molar refractivity (Wildman–Crippen MR) is 147 cm³/mol. The molecule has 0 aliphatic heterocycles. The number of nitrogens with zero attached hydrogens (tertiary/aromatic N) is 1. The Hall–Kier alpha value is -2.68. The lowest BCUT2D eigenvalue weighted by Gasteiger charge is -2.22. The highest BCUT2D eigenvalue weighted by Crippen LogP contribution is 2.27. The summed E-state index contributed by atoms with van der Waals surface area (Å²) in [6.45, 7) is 0. The minimum absolute atomic E-state index is 0.145. The summed E-state index contributed by atoms with van der Waals surface area (Å²) in [5, 5.41) is 15.4. The van der Waals surface area contributed by atoms with Crippen LogP contribution in [-0.2, 0) is 33.6 Å². The molecule has 3 amide bonds. The molecule has 184 valence electrons. The van der Waals surface area contributed by atoms with Crippen LogP contribution in [0.25, 0.3) is 0 Å². The number of halogens is 2. The van der Waals surface area contributed by atoms with Crippen molar-refractivity contribution in [3.63, 3.8) is 0 Å². The number of hydrogen-bond acceptors (Lipinski definition) is 5. The number of H-pyrrole nitrogens is 1. The highest BCUT2D eigenvalue weighted by molar-refractivity contribution is 14.1. The molecule has 3 rings (SSSR count). The molecule has 11 heteroatoms. The fraction of sp³-hybridized carbons (Fsp3) is 0.250. The SMILES string of the molecule is NC(=O)[C@H](Cc1cc(I)c(O)c(I)c1)NC(=O)[C@H](Cc1cnc[nH]1)NC(=O)CCc1ccccc1. The van der Waals surface area contributed by atoms with Gasteiger partial charge in [0.2, 0.25) is 17.7 Å². The summed E-state index contributed by atoms with van der Waals surface area (Å²) in [5.74, 6) is -1.36. The quantitative estimate of drug-likeness (QED) is 0.195. The Balaban J connectivity index is 1.70. The van der Waals surface area contributed by atoms with Crippen LogP contribution < -0.4 is 16.4 Å². The lowest BCUT2D eigenvalue weighted by Crippen LogP contribution is -2.54. The number of carbonyl (C=O) groups is 3. The van der Waals surface area contributed by atoms with E-state index in [2.05, 4.69) is 20.6 Å². The van der Waals surface area contributed by atoms with Crippen molar-refractivity contribution in [2.24, 2.45) is 5.73 Å². The number of phenolic OH excluding ortho intramolecular Hbond substituents is 1. The number of aromatic nitrogens is 2. The molecule has 6 N–H and O–H groups in total. The first-order valence-electron chi connectivity index (χ1n) is 10.8. The van der Waals surface area contributed by atoms with Gasteiger partial charge in [0.05, 0.1) is 13.5 Å². The largest absolute Gasteiger partial charge is 0.506 e. The van der Waals surface area contributed by atoms with Gasteiger partial charge in [-0.2, -0.15) is 0 Å². The van der Waals surface area contributed by atoms with E-state index in [9.17, 15) is 19.5 Å². The van der Waals surface area contributed by atoms with E-state index in [-0.39, 0.29) is 30.9 Å². The molecule has 1 heterocycles. The zero-order valence-corrected chi connectivity index (χ0v) is 22.9. The Kier molecular flexibility index (Phi) is 9.89. The molecule has 0 fully saturated rings. The number of aromatic hydroxyl groups is 1. The van der Waals surface area contributed by atoms with Crippen LogP contribution in [0.2, 0.25) is 0 Å². The summed E-state index contributed by atoms with van der Waals surface area (Å²) in [6, 6.07) is 11.1. The molecule has 0 bridgehead atoms. The van der Waals surface area contributed by atoms with Gasteiger partial charge in [-0.25, -0.2) is 4.98 Å². The van der Waals surface area contributed by atoms with E-state index in [1.165, 1.54) is 6.33 Å². The first-order chi connectivity index (χ1) is 16.7. The Morgan fingerprint density at radius 2 is 1.69 bits per heavy atom. The molecule has 0 unspecified atom stereocenters. The van der Waals surface area contributed by atoms with Crippen LogP contribution in [0.3, 0.4) is 0 Å². The summed E-state index contributed by atoms with van der Waals surface area (Å²) in [5.41, 5.74) is 7.99. The molecule has 0 radical (unpaired) electrons. The maximum absolute atomic E-state index is 13.2.